The number of pyridine rings is 1. The molecule has 3 aromatic rings. The van der Waals surface area contributed by atoms with Crippen LogP contribution >= 0.6 is 0 Å². The Kier molecular flexibility index (Phi) is 6.45. The van der Waals surface area contributed by atoms with Crippen molar-refractivity contribution in [1.29, 1.82) is 5.26 Å². The minimum absolute atomic E-state index is 0.0211. The van der Waals surface area contributed by atoms with E-state index in [1.165, 1.54) is 4.40 Å². The summed E-state index contributed by atoms with van der Waals surface area (Å²) in [6.07, 6.45) is 2.96. The number of aromatic nitrogens is 2. The lowest BCUT2D eigenvalue weighted by atomic mass is 10.1. The van der Waals surface area contributed by atoms with Crippen molar-refractivity contribution in [3.05, 3.63) is 74.7 Å². The molecule has 1 aliphatic rings. The van der Waals surface area contributed by atoms with Crippen LogP contribution in [0.1, 0.15) is 28.7 Å². The first-order valence-electron chi connectivity index (χ1n) is 11.0. The predicted molar refractivity (Wildman–Crippen MR) is 131 cm³/mol. The van der Waals surface area contributed by atoms with Crippen molar-refractivity contribution < 1.29 is 17.9 Å². The van der Waals surface area contributed by atoms with Crippen LogP contribution in [0.5, 0.6) is 11.6 Å². The van der Waals surface area contributed by atoms with E-state index in [4.69, 9.17) is 4.74 Å². The first-order valence-corrected chi connectivity index (χ1v) is 12.8. The number of benzene rings is 1. The number of carbonyl (C=O) groups is 1. The van der Waals surface area contributed by atoms with Crippen LogP contribution in [0.3, 0.4) is 0 Å². The molecule has 0 bridgehead atoms. The number of hydrogen-bond acceptors (Lipinski definition) is 7. The summed E-state index contributed by atoms with van der Waals surface area (Å²) >= 11 is 0. The van der Waals surface area contributed by atoms with Gasteiger partial charge in [0.15, 0.2) is 9.84 Å². The molecule has 2 aromatic heterocycles. The van der Waals surface area contributed by atoms with E-state index in [0.29, 0.717) is 11.4 Å². The van der Waals surface area contributed by atoms with Crippen LogP contribution in [0, 0.1) is 32.1 Å². The Bertz CT molecular complexity index is 1560. The quantitative estimate of drug-likeness (QED) is 0.428. The number of nitriles is 1. The molecule has 0 radical (unpaired) electrons. The first-order chi connectivity index (χ1) is 16.6. The van der Waals surface area contributed by atoms with E-state index in [2.05, 4.69) is 10.3 Å². The largest absolute Gasteiger partial charge is 0.438 e. The maximum atomic E-state index is 13.4. The van der Waals surface area contributed by atoms with Crippen molar-refractivity contribution in [2.75, 3.05) is 11.5 Å². The van der Waals surface area contributed by atoms with Crippen molar-refractivity contribution in [2.24, 2.45) is 0 Å². The first kappa shape index (κ1) is 24.2. The Hall–Kier alpha value is -3.97. The van der Waals surface area contributed by atoms with Gasteiger partial charge < -0.3 is 10.1 Å². The second kappa shape index (κ2) is 9.35. The van der Waals surface area contributed by atoms with E-state index in [1.54, 1.807) is 24.4 Å². The molecular weight excluding hydrogens is 468 g/mol. The number of rotatable bonds is 5. The van der Waals surface area contributed by atoms with Crippen molar-refractivity contribution in [1.82, 2.24) is 14.7 Å². The second-order valence-electron chi connectivity index (χ2n) is 8.69. The number of fused-ring (bicyclic) bond motifs is 1. The molecule has 4 rings (SSSR count). The highest BCUT2D eigenvalue weighted by Crippen LogP contribution is 2.26. The summed E-state index contributed by atoms with van der Waals surface area (Å²) in [6.45, 7) is 5.63. The number of sulfone groups is 1. The molecule has 35 heavy (non-hydrogen) atoms. The highest BCUT2D eigenvalue weighted by molar-refractivity contribution is 7.91. The minimum atomic E-state index is -3.22. The molecular formula is C25H24N4O5S. The zero-order chi connectivity index (χ0) is 25.3. The van der Waals surface area contributed by atoms with Crippen molar-refractivity contribution in [2.45, 2.75) is 33.2 Å². The molecule has 180 valence electrons. The van der Waals surface area contributed by atoms with E-state index in [-0.39, 0.29) is 34.9 Å². The van der Waals surface area contributed by atoms with Gasteiger partial charge in [-0.25, -0.2) is 8.42 Å². The van der Waals surface area contributed by atoms with E-state index in [9.17, 15) is 23.3 Å². The predicted octanol–water partition coefficient (Wildman–Crippen LogP) is 2.62. The van der Waals surface area contributed by atoms with Gasteiger partial charge in [-0.1, -0.05) is 12.1 Å². The minimum Gasteiger partial charge on any atom is -0.438 e. The SMILES string of the molecule is Cc1cc(C)cc(Oc2nc3c(C)cccn3c(=O)c2C=C(C#N)C(=O)NC2CCS(=O)(=O)C2)c1. The van der Waals surface area contributed by atoms with Gasteiger partial charge >= 0.3 is 0 Å². The number of nitrogens with zero attached hydrogens (tertiary/aromatic N) is 3. The zero-order valence-electron chi connectivity index (χ0n) is 19.5. The fraction of sp³-hybridized carbons (Fsp3) is 0.280. The molecule has 1 fully saturated rings. The molecule has 1 aliphatic heterocycles. The molecule has 0 saturated carbocycles. The topological polar surface area (TPSA) is 131 Å². The average Bonchev–Trinajstić information content (AvgIpc) is 3.11. The summed E-state index contributed by atoms with van der Waals surface area (Å²) in [5.74, 6) is -0.551. The number of carbonyl (C=O) groups excluding carboxylic acids is 1. The van der Waals surface area contributed by atoms with Crippen LogP contribution in [0.2, 0.25) is 0 Å². The summed E-state index contributed by atoms with van der Waals surface area (Å²) in [5, 5.41) is 12.2. The van der Waals surface area contributed by atoms with E-state index in [1.807, 2.05) is 39.0 Å². The fourth-order valence-electron chi connectivity index (χ4n) is 4.06. The molecule has 3 heterocycles. The normalized spacial score (nSPS) is 17.2. The van der Waals surface area contributed by atoms with Gasteiger partial charge in [0.25, 0.3) is 11.5 Å². The summed E-state index contributed by atoms with van der Waals surface area (Å²) < 4.78 is 30.8. The Balaban J connectivity index is 1.81. The van der Waals surface area contributed by atoms with Crippen molar-refractivity contribution >= 4 is 27.5 Å². The highest BCUT2D eigenvalue weighted by Gasteiger charge is 2.30. The molecule has 1 N–H and O–H groups in total. The second-order valence-corrected chi connectivity index (χ2v) is 10.9. The van der Waals surface area contributed by atoms with E-state index >= 15 is 0 Å². The Labute approximate surface area is 202 Å². The molecule has 1 saturated heterocycles. The Morgan fingerprint density at radius 2 is 1.97 bits per heavy atom. The van der Waals surface area contributed by atoms with Crippen molar-refractivity contribution in [3.63, 3.8) is 0 Å². The maximum absolute atomic E-state index is 13.4. The van der Waals surface area contributed by atoms with Gasteiger partial charge in [0.1, 0.15) is 28.6 Å². The third kappa shape index (κ3) is 5.25. The number of ether oxygens (including phenoxy) is 1. The lowest BCUT2D eigenvalue weighted by Crippen LogP contribution is -2.36. The van der Waals surface area contributed by atoms with Gasteiger partial charge in [-0.2, -0.15) is 10.2 Å². The maximum Gasteiger partial charge on any atom is 0.269 e. The summed E-state index contributed by atoms with van der Waals surface area (Å²) in [7, 11) is -3.22. The van der Waals surface area contributed by atoms with Gasteiger partial charge in [0.05, 0.1) is 11.5 Å². The van der Waals surface area contributed by atoms with Crippen LogP contribution in [0.4, 0.5) is 0 Å². The van der Waals surface area contributed by atoms with Crippen LogP contribution in [-0.2, 0) is 14.6 Å². The molecule has 9 nitrogen and oxygen atoms in total. The van der Waals surface area contributed by atoms with Crippen LogP contribution in [0.25, 0.3) is 11.7 Å². The van der Waals surface area contributed by atoms with E-state index in [0.717, 1.165) is 22.8 Å². The monoisotopic (exact) mass is 492 g/mol. The molecule has 0 aliphatic carbocycles. The standard InChI is InChI=1S/C25H24N4O5S/c1-15-9-16(2)11-20(10-15)34-24-21(25(31)29-7-4-5-17(3)22(29)28-24)12-18(13-26)23(30)27-19-6-8-35(32,33)14-19/h4-5,7,9-12,19H,6,8,14H2,1-3H3,(H,27,30). The lowest BCUT2D eigenvalue weighted by Gasteiger charge is -2.13. The summed E-state index contributed by atoms with van der Waals surface area (Å²) in [5.41, 5.74) is 2.09. The third-order valence-electron chi connectivity index (χ3n) is 5.68. The number of hydrogen-bond donors (Lipinski definition) is 1. The van der Waals surface area contributed by atoms with Crippen LogP contribution in [0.15, 0.2) is 46.9 Å². The summed E-state index contributed by atoms with van der Waals surface area (Å²) in [4.78, 5) is 30.7. The Morgan fingerprint density at radius 1 is 1.26 bits per heavy atom. The third-order valence-corrected chi connectivity index (χ3v) is 7.45. The lowest BCUT2D eigenvalue weighted by molar-refractivity contribution is -0.117. The molecule has 1 atom stereocenters. The Morgan fingerprint density at radius 3 is 2.60 bits per heavy atom. The van der Waals surface area contributed by atoms with Crippen LogP contribution < -0.4 is 15.6 Å². The van der Waals surface area contributed by atoms with Gasteiger partial charge in [-0.15, -0.1) is 0 Å². The molecule has 0 spiro atoms. The van der Waals surface area contributed by atoms with Crippen LogP contribution in [-0.4, -0.2) is 41.3 Å². The molecule has 1 amide bonds. The number of amides is 1. The smallest absolute Gasteiger partial charge is 0.269 e. The van der Waals surface area contributed by atoms with Gasteiger partial charge in [-0.05, 0) is 68.2 Å². The molecule has 10 heteroatoms. The molecule has 1 aromatic carbocycles. The van der Waals surface area contributed by atoms with E-state index < -0.39 is 27.3 Å². The van der Waals surface area contributed by atoms with Gasteiger partial charge in [-0.3, -0.25) is 14.0 Å². The fourth-order valence-corrected chi connectivity index (χ4v) is 5.74. The number of aryl methyl sites for hydroxylation is 3. The number of nitrogens with one attached hydrogen (secondary N) is 1. The van der Waals surface area contributed by atoms with Gasteiger partial charge in [0.2, 0.25) is 5.88 Å². The van der Waals surface area contributed by atoms with Crippen molar-refractivity contribution in [3.8, 4) is 17.7 Å². The average molecular weight is 493 g/mol. The van der Waals surface area contributed by atoms with Gasteiger partial charge in [0, 0.05) is 12.2 Å². The highest BCUT2D eigenvalue weighted by atomic mass is 32.2. The summed E-state index contributed by atoms with van der Waals surface area (Å²) in [6, 6.07) is 10.3. The zero-order valence-corrected chi connectivity index (χ0v) is 20.3. The molecule has 1 unspecified atom stereocenters.